The predicted octanol–water partition coefficient (Wildman–Crippen LogP) is 5.72. The van der Waals surface area contributed by atoms with Gasteiger partial charge in [-0.15, -0.1) is 0 Å². The van der Waals surface area contributed by atoms with Crippen molar-refractivity contribution in [3.63, 3.8) is 0 Å². The molecule has 1 aromatic heterocycles. The molecular formula is C22H17F3N2. The van der Waals surface area contributed by atoms with Gasteiger partial charge < -0.3 is 5.32 Å². The quantitative estimate of drug-likeness (QED) is 0.638. The summed E-state index contributed by atoms with van der Waals surface area (Å²) >= 11 is 0. The van der Waals surface area contributed by atoms with E-state index in [-0.39, 0.29) is 5.82 Å². The van der Waals surface area contributed by atoms with Crippen molar-refractivity contribution in [2.24, 2.45) is 0 Å². The van der Waals surface area contributed by atoms with Crippen LogP contribution < -0.4 is 5.32 Å². The number of hydrogen-bond donors (Lipinski definition) is 1. The summed E-state index contributed by atoms with van der Waals surface area (Å²) in [5, 5.41) is 2.98. The standard InChI is InChI=1S/C22H17F3N2/c23-22(24,25)19-11-6-12-26-21(19)27-20-14-16-9-4-5-10-17(16)18(20)13-15-7-2-1-3-8-15/h1-12H,13-14H2,(H,26,27). The predicted molar refractivity (Wildman–Crippen MR) is 100 cm³/mol. The number of nitrogens with one attached hydrogen (secondary N) is 1. The number of aromatic nitrogens is 1. The molecule has 0 amide bonds. The summed E-state index contributed by atoms with van der Waals surface area (Å²) in [5.74, 6) is -0.154. The highest BCUT2D eigenvalue weighted by Crippen LogP contribution is 2.38. The molecule has 1 aliphatic carbocycles. The van der Waals surface area contributed by atoms with Gasteiger partial charge in [-0.3, -0.25) is 0 Å². The molecule has 2 aromatic carbocycles. The second-order valence-corrected chi connectivity index (χ2v) is 6.48. The number of halogens is 3. The van der Waals surface area contributed by atoms with Crippen molar-refractivity contribution in [1.29, 1.82) is 0 Å². The molecule has 0 bridgehead atoms. The second-order valence-electron chi connectivity index (χ2n) is 6.48. The Morgan fingerprint density at radius 2 is 1.63 bits per heavy atom. The van der Waals surface area contributed by atoms with E-state index >= 15 is 0 Å². The molecule has 0 atom stereocenters. The van der Waals surface area contributed by atoms with Gasteiger partial charge in [-0.25, -0.2) is 4.98 Å². The Morgan fingerprint density at radius 3 is 2.41 bits per heavy atom. The lowest BCUT2D eigenvalue weighted by Crippen LogP contribution is -2.13. The molecule has 0 radical (unpaired) electrons. The highest BCUT2D eigenvalue weighted by atomic mass is 19.4. The Kier molecular flexibility index (Phi) is 4.44. The van der Waals surface area contributed by atoms with Crippen molar-refractivity contribution in [1.82, 2.24) is 4.98 Å². The number of hydrogen-bond acceptors (Lipinski definition) is 2. The van der Waals surface area contributed by atoms with Crippen molar-refractivity contribution in [3.05, 3.63) is 101 Å². The van der Waals surface area contributed by atoms with E-state index in [4.69, 9.17) is 0 Å². The molecule has 4 rings (SSSR count). The summed E-state index contributed by atoms with van der Waals surface area (Å²) in [5.41, 5.74) is 4.32. The van der Waals surface area contributed by atoms with Gasteiger partial charge >= 0.3 is 6.18 Å². The van der Waals surface area contributed by atoms with Crippen molar-refractivity contribution < 1.29 is 13.2 Å². The van der Waals surface area contributed by atoms with Gasteiger partial charge in [-0.05, 0) is 40.8 Å². The van der Waals surface area contributed by atoms with Crippen LogP contribution in [-0.4, -0.2) is 4.98 Å². The first-order valence-corrected chi connectivity index (χ1v) is 8.66. The van der Waals surface area contributed by atoms with Crippen LogP contribution in [0.1, 0.15) is 22.3 Å². The van der Waals surface area contributed by atoms with E-state index in [1.165, 1.54) is 12.3 Å². The second kappa shape index (κ2) is 6.91. The van der Waals surface area contributed by atoms with Gasteiger partial charge in [-0.1, -0.05) is 54.6 Å². The van der Waals surface area contributed by atoms with Gasteiger partial charge in [0.15, 0.2) is 0 Å². The van der Waals surface area contributed by atoms with Gasteiger partial charge in [0.05, 0.1) is 5.56 Å². The minimum Gasteiger partial charge on any atom is -0.343 e. The van der Waals surface area contributed by atoms with Crippen molar-refractivity contribution in [2.75, 3.05) is 5.32 Å². The Bertz CT molecular complexity index is 992. The Labute approximate surface area is 155 Å². The lowest BCUT2D eigenvalue weighted by molar-refractivity contribution is -0.137. The number of rotatable bonds is 4. The molecule has 0 saturated heterocycles. The third-order valence-corrected chi connectivity index (χ3v) is 4.68. The molecule has 1 heterocycles. The van der Waals surface area contributed by atoms with Crippen LogP contribution in [-0.2, 0) is 19.0 Å². The van der Waals surface area contributed by atoms with Crippen LogP contribution >= 0.6 is 0 Å². The van der Waals surface area contributed by atoms with Crippen LogP contribution in [0.25, 0.3) is 5.57 Å². The minimum atomic E-state index is -4.46. The van der Waals surface area contributed by atoms with Crippen LogP contribution in [0.15, 0.2) is 78.6 Å². The number of alkyl halides is 3. The minimum absolute atomic E-state index is 0.154. The molecular weight excluding hydrogens is 349 g/mol. The fraction of sp³-hybridized carbons (Fsp3) is 0.136. The molecule has 1 aliphatic rings. The highest BCUT2D eigenvalue weighted by molar-refractivity contribution is 5.80. The topological polar surface area (TPSA) is 24.9 Å². The van der Waals surface area contributed by atoms with E-state index in [1.807, 2.05) is 54.6 Å². The Hall–Kier alpha value is -3.08. The summed E-state index contributed by atoms with van der Waals surface area (Å²) in [6.07, 6.45) is -1.88. The van der Waals surface area contributed by atoms with Crippen molar-refractivity contribution in [2.45, 2.75) is 19.0 Å². The molecule has 27 heavy (non-hydrogen) atoms. The summed E-state index contributed by atoms with van der Waals surface area (Å²) in [4.78, 5) is 3.95. The molecule has 0 fully saturated rings. The monoisotopic (exact) mass is 366 g/mol. The third kappa shape index (κ3) is 3.58. The average Bonchev–Trinajstić information content (AvgIpc) is 2.99. The smallest absolute Gasteiger partial charge is 0.343 e. The van der Waals surface area contributed by atoms with E-state index in [0.717, 1.165) is 34.0 Å². The van der Waals surface area contributed by atoms with Gasteiger partial charge in [0.25, 0.3) is 0 Å². The van der Waals surface area contributed by atoms with Crippen molar-refractivity contribution >= 4 is 11.4 Å². The van der Waals surface area contributed by atoms with E-state index in [2.05, 4.69) is 10.3 Å². The van der Waals surface area contributed by atoms with E-state index < -0.39 is 11.7 Å². The summed E-state index contributed by atoms with van der Waals surface area (Å²) in [6, 6.07) is 20.2. The molecule has 0 unspecified atom stereocenters. The van der Waals surface area contributed by atoms with Gasteiger partial charge in [0.2, 0.25) is 0 Å². The van der Waals surface area contributed by atoms with Crippen LogP contribution in [0.2, 0.25) is 0 Å². The SMILES string of the molecule is FC(F)(F)c1cccnc1NC1=C(Cc2ccccc2)c2ccccc2C1. The van der Waals surface area contributed by atoms with Gasteiger partial charge in [0.1, 0.15) is 5.82 Å². The molecule has 1 N–H and O–H groups in total. The van der Waals surface area contributed by atoms with Crippen molar-refractivity contribution in [3.8, 4) is 0 Å². The first-order valence-electron chi connectivity index (χ1n) is 8.66. The molecule has 3 aromatic rings. The number of allylic oxidation sites excluding steroid dienone is 2. The number of anilines is 1. The fourth-order valence-corrected chi connectivity index (χ4v) is 3.43. The number of fused-ring (bicyclic) bond motifs is 1. The number of nitrogens with zero attached hydrogens (tertiary/aromatic N) is 1. The van der Waals surface area contributed by atoms with Crippen LogP contribution in [0.5, 0.6) is 0 Å². The molecule has 0 saturated carbocycles. The summed E-state index contributed by atoms with van der Waals surface area (Å²) < 4.78 is 40.0. The van der Waals surface area contributed by atoms with E-state index in [9.17, 15) is 13.2 Å². The first-order chi connectivity index (χ1) is 13.0. The number of pyridine rings is 1. The maximum Gasteiger partial charge on any atom is 0.419 e. The molecule has 0 aliphatic heterocycles. The van der Waals surface area contributed by atoms with Crippen LogP contribution in [0.4, 0.5) is 19.0 Å². The molecule has 0 spiro atoms. The average molecular weight is 366 g/mol. The maximum absolute atomic E-state index is 13.3. The number of benzene rings is 2. The fourth-order valence-electron chi connectivity index (χ4n) is 3.43. The summed E-state index contributed by atoms with van der Waals surface area (Å²) in [7, 11) is 0. The zero-order chi connectivity index (χ0) is 18.9. The van der Waals surface area contributed by atoms with Crippen LogP contribution in [0.3, 0.4) is 0 Å². The lowest BCUT2D eigenvalue weighted by atomic mass is 9.99. The Balaban J connectivity index is 1.75. The molecule has 136 valence electrons. The normalized spacial score (nSPS) is 13.6. The zero-order valence-electron chi connectivity index (χ0n) is 14.4. The largest absolute Gasteiger partial charge is 0.419 e. The first kappa shape index (κ1) is 17.3. The third-order valence-electron chi connectivity index (χ3n) is 4.68. The summed E-state index contributed by atoms with van der Waals surface area (Å²) in [6.45, 7) is 0. The van der Waals surface area contributed by atoms with Gasteiger partial charge in [-0.2, -0.15) is 13.2 Å². The van der Waals surface area contributed by atoms with E-state index in [0.29, 0.717) is 12.8 Å². The maximum atomic E-state index is 13.3. The highest BCUT2D eigenvalue weighted by Gasteiger charge is 2.35. The van der Waals surface area contributed by atoms with Crippen LogP contribution in [0, 0.1) is 0 Å². The molecule has 5 heteroatoms. The van der Waals surface area contributed by atoms with E-state index in [1.54, 1.807) is 0 Å². The molecule has 2 nitrogen and oxygen atoms in total. The zero-order valence-corrected chi connectivity index (χ0v) is 14.4. The Morgan fingerprint density at radius 1 is 0.889 bits per heavy atom. The van der Waals surface area contributed by atoms with Gasteiger partial charge in [0, 0.05) is 18.3 Å². The lowest BCUT2D eigenvalue weighted by Gasteiger charge is -2.15.